The molecule has 0 radical (unpaired) electrons. The summed E-state index contributed by atoms with van der Waals surface area (Å²) in [6, 6.07) is 3.95. The van der Waals surface area contributed by atoms with E-state index in [0.29, 0.717) is 12.0 Å². The summed E-state index contributed by atoms with van der Waals surface area (Å²) >= 11 is 0. The Labute approximate surface area is 127 Å². The van der Waals surface area contributed by atoms with Crippen LogP contribution >= 0.6 is 0 Å². The summed E-state index contributed by atoms with van der Waals surface area (Å²) in [7, 11) is 0. The molecule has 1 aromatic carbocycles. The minimum Gasteiger partial charge on any atom is -0.504 e. The van der Waals surface area contributed by atoms with Crippen LogP contribution in [-0.4, -0.2) is 42.5 Å². The van der Waals surface area contributed by atoms with Crippen LogP contribution in [0, 0.1) is 0 Å². The number of phenolic OH excluding ortho intramolecular Hbond substituents is 1. The number of para-hydroxylation sites is 1. The van der Waals surface area contributed by atoms with E-state index < -0.39 is 17.9 Å². The number of ether oxygens (including phenoxy) is 1. The van der Waals surface area contributed by atoms with Gasteiger partial charge in [-0.1, -0.05) is 18.2 Å². The molecule has 1 saturated heterocycles. The van der Waals surface area contributed by atoms with Gasteiger partial charge in [-0.05, 0) is 12.5 Å². The number of aromatic hydroxyl groups is 1. The van der Waals surface area contributed by atoms with Crippen molar-refractivity contribution in [1.82, 2.24) is 10.2 Å². The van der Waals surface area contributed by atoms with Crippen molar-refractivity contribution < 1.29 is 23.0 Å². The van der Waals surface area contributed by atoms with E-state index in [1.165, 1.54) is 6.07 Å². The fourth-order valence-corrected chi connectivity index (χ4v) is 2.64. The average molecular weight is 316 g/mol. The van der Waals surface area contributed by atoms with E-state index in [9.17, 15) is 18.3 Å². The van der Waals surface area contributed by atoms with Gasteiger partial charge in [0.25, 0.3) is 0 Å². The SMILES string of the molecule is C=CC[C@@H](c1cccc(OC(F)(F)F)c1O)N1CCNCC1. The van der Waals surface area contributed by atoms with Crippen molar-refractivity contribution in [2.24, 2.45) is 0 Å². The van der Waals surface area contributed by atoms with Crippen LogP contribution in [0.5, 0.6) is 11.5 Å². The number of hydrogen-bond acceptors (Lipinski definition) is 4. The third-order valence-electron chi connectivity index (χ3n) is 3.60. The number of phenols is 1. The van der Waals surface area contributed by atoms with Gasteiger partial charge in [0, 0.05) is 37.8 Å². The highest BCUT2D eigenvalue weighted by atomic mass is 19.4. The molecule has 1 atom stereocenters. The van der Waals surface area contributed by atoms with Crippen molar-refractivity contribution >= 4 is 0 Å². The maximum Gasteiger partial charge on any atom is 0.573 e. The zero-order chi connectivity index (χ0) is 16.2. The lowest BCUT2D eigenvalue weighted by atomic mass is 9.99. The molecule has 1 aromatic rings. The molecular formula is C15H19F3N2O2. The van der Waals surface area contributed by atoms with E-state index >= 15 is 0 Å². The largest absolute Gasteiger partial charge is 0.573 e. The number of rotatable bonds is 5. The van der Waals surface area contributed by atoms with Crippen molar-refractivity contribution in [2.75, 3.05) is 26.2 Å². The Bertz CT molecular complexity index is 514. The Kier molecular flexibility index (Phi) is 5.31. The zero-order valence-electron chi connectivity index (χ0n) is 12.1. The molecule has 0 saturated carbocycles. The number of nitrogens with one attached hydrogen (secondary N) is 1. The molecular weight excluding hydrogens is 297 g/mol. The molecule has 1 fully saturated rings. The Morgan fingerprint density at radius 3 is 2.64 bits per heavy atom. The molecule has 2 N–H and O–H groups in total. The number of benzene rings is 1. The summed E-state index contributed by atoms with van der Waals surface area (Å²) in [6.07, 6.45) is -2.61. The van der Waals surface area contributed by atoms with Crippen LogP contribution in [-0.2, 0) is 0 Å². The molecule has 122 valence electrons. The molecule has 0 amide bonds. The molecule has 2 rings (SSSR count). The molecule has 0 aromatic heterocycles. The number of nitrogens with zero attached hydrogens (tertiary/aromatic N) is 1. The van der Waals surface area contributed by atoms with Gasteiger partial charge in [-0.3, -0.25) is 4.90 Å². The first-order chi connectivity index (χ1) is 10.4. The van der Waals surface area contributed by atoms with Crippen LogP contribution < -0.4 is 10.1 Å². The van der Waals surface area contributed by atoms with Gasteiger partial charge in [-0.2, -0.15) is 0 Å². The van der Waals surface area contributed by atoms with Gasteiger partial charge in [-0.15, -0.1) is 19.8 Å². The first kappa shape index (κ1) is 16.6. The summed E-state index contributed by atoms with van der Waals surface area (Å²) in [6.45, 7) is 6.80. The van der Waals surface area contributed by atoms with Crippen LogP contribution in [0.3, 0.4) is 0 Å². The Morgan fingerprint density at radius 2 is 2.05 bits per heavy atom. The van der Waals surface area contributed by atoms with E-state index in [1.54, 1.807) is 12.1 Å². The topological polar surface area (TPSA) is 44.7 Å². The number of piperazine rings is 1. The standard InChI is InChI=1S/C15H19F3N2O2/c1-2-4-12(20-9-7-19-8-10-20)11-5-3-6-13(14(11)21)22-15(16,17)18/h2-3,5-6,12,19,21H,1,4,7-10H2/t12-/m0/s1. The van der Waals surface area contributed by atoms with Crippen LogP contribution in [0.4, 0.5) is 13.2 Å². The van der Waals surface area contributed by atoms with Gasteiger partial charge in [-0.25, -0.2) is 0 Å². The quantitative estimate of drug-likeness (QED) is 0.820. The lowest BCUT2D eigenvalue weighted by Crippen LogP contribution is -2.45. The second-order valence-corrected chi connectivity index (χ2v) is 5.07. The highest BCUT2D eigenvalue weighted by Crippen LogP contribution is 2.39. The average Bonchev–Trinajstić information content (AvgIpc) is 2.47. The maximum absolute atomic E-state index is 12.4. The van der Waals surface area contributed by atoms with Crippen LogP contribution in [0.15, 0.2) is 30.9 Å². The Balaban J connectivity index is 2.30. The molecule has 0 bridgehead atoms. The minimum absolute atomic E-state index is 0.226. The predicted octanol–water partition coefficient (Wildman–Crippen LogP) is 2.81. The third kappa shape index (κ3) is 4.14. The third-order valence-corrected chi connectivity index (χ3v) is 3.60. The number of halogens is 3. The van der Waals surface area contributed by atoms with Gasteiger partial charge >= 0.3 is 6.36 Å². The van der Waals surface area contributed by atoms with Crippen LogP contribution in [0.25, 0.3) is 0 Å². The second kappa shape index (κ2) is 7.02. The van der Waals surface area contributed by atoms with Crippen LogP contribution in [0.2, 0.25) is 0 Å². The molecule has 1 aliphatic rings. The molecule has 7 heteroatoms. The summed E-state index contributed by atoms with van der Waals surface area (Å²) in [4.78, 5) is 2.12. The van der Waals surface area contributed by atoms with Gasteiger partial charge in [0.2, 0.25) is 0 Å². The van der Waals surface area contributed by atoms with Crippen molar-refractivity contribution in [3.8, 4) is 11.5 Å². The van der Waals surface area contributed by atoms with Crippen LogP contribution in [0.1, 0.15) is 18.0 Å². The highest BCUT2D eigenvalue weighted by molar-refractivity contribution is 5.47. The van der Waals surface area contributed by atoms with Crippen molar-refractivity contribution in [3.05, 3.63) is 36.4 Å². The van der Waals surface area contributed by atoms with E-state index in [4.69, 9.17) is 0 Å². The predicted molar refractivity (Wildman–Crippen MR) is 76.8 cm³/mol. The monoisotopic (exact) mass is 316 g/mol. The summed E-state index contributed by atoms with van der Waals surface area (Å²) < 4.78 is 41.0. The number of alkyl halides is 3. The highest BCUT2D eigenvalue weighted by Gasteiger charge is 2.33. The lowest BCUT2D eigenvalue weighted by Gasteiger charge is -2.35. The molecule has 1 aliphatic heterocycles. The van der Waals surface area contributed by atoms with Crippen molar-refractivity contribution in [3.63, 3.8) is 0 Å². The van der Waals surface area contributed by atoms with E-state index in [2.05, 4.69) is 21.5 Å². The van der Waals surface area contributed by atoms with E-state index in [1.807, 2.05) is 0 Å². The molecule has 1 heterocycles. The molecule has 0 aliphatic carbocycles. The molecule has 0 spiro atoms. The normalized spacial score (nSPS) is 18.0. The summed E-state index contributed by atoms with van der Waals surface area (Å²) in [5.41, 5.74) is 0.420. The van der Waals surface area contributed by atoms with Crippen molar-refractivity contribution in [2.45, 2.75) is 18.8 Å². The first-order valence-electron chi connectivity index (χ1n) is 7.05. The zero-order valence-corrected chi connectivity index (χ0v) is 12.1. The van der Waals surface area contributed by atoms with Gasteiger partial charge in [0.1, 0.15) is 0 Å². The van der Waals surface area contributed by atoms with Gasteiger partial charge in [0.15, 0.2) is 11.5 Å². The molecule has 4 nitrogen and oxygen atoms in total. The summed E-state index contributed by atoms with van der Waals surface area (Å²) in [5.74, 6) is -1.04. The van der Waals surface area contributed by atoms with Gasteiger partial charge in [0.05, 0.1) is 0 Å². The van der Waals surface area contributed by atoms with Gasteiger partial charge < -0.3 is 15.2 Å². The fourth-order valence-electron chi connectivity index (χ4n) is 2.64. The Hall–Kier alpha value is -1.73. The molecule has 0 unspecified atom stereocenters. The second-order valence-electron chi connectivity index (χ2n) is 5.07. The van der Waals surface area contributed by atoms with Crippen molar-refractivity contribution in [1.29, 1.82) is 0 Å². The van der Waals surface area contributed by atoms with E-state index in [0.717, 1.165) is 32.2 Å². The number of hydrogen-bond donors (Lipinski definition) is 2. The fraction of sp³-hybridized carbons (Fsp3) is 0.467. The van der Waals surface area contributed by atoms with E-state index in [-0.39, 0.29) is 6.04 Å². The minimum atomic E-state index is -4.83. The molecule has 22 heavy (non-hydrogen) atoms. The Morgan fingerprint density at radius 1 is 1.36 bits per heavy atom. The summed E-state index contributed by atoms with van der Waals surface area (Å²) in [5, 5.41) is 13.4. The maximum atomic E-state index is 12.4. The first-order valence-corrected chi connectivity index (χ1v) is 7.05. The smallest absolute Gasteiger partial charge is 0.504 e. The lowest BCUT2D eigenvalue weighted by molar-refractivity contribution is -0.275.